The number of aromatic nitrogens is 1. The average Bonchev–Trinajstić information content (AvgIpc) is 4.06. The fourth-order valence-electron chi connectivity index (χ4n) is 8.40. The van der Waals surface area contributed by atoms with Crippen molar-refractivity contribution in [2.24, 2.45) is 5.92 Å². The number of ether oxygens (including phenoxy) is 3. The van der Waals surface area contributed by atoms with Crippen molar-refractivity contribution in [2.45, 2.75) is 144 Å². The van der Waals surface area contributed by atoms with Crippen LogP contribution in [0.3, 0.4) is 0 Å². The molecule has 3 N–H and O–H groups in total. The molecule has 18 heteroatoms. The predicted octanol–water partition coefficient (Wildman–Crippen LogP) is 5.30. The molecular formula is C41H52F3N5O9S. The molecule has 0 unspecified atom stereocenters. The molecule has 1 saturated heterocycles. The van der Waals surface area contributed by atoms with E-state index >= 15 is 0 Å². The number of carbonyl (C=O) groups excluding carboxylic acids is 4. The molecule has 14 nitrogen and oxygen atoms in total. The van der Waals surface area contributed by atoms with E-state index in [1.54, 1.807) is 20.1 Å². The number of hydrogen-bond acceptors (Lipinski definition) is 10. The van der Waals surface area contributed by atoms with Crippen LogP contribution in [-0.4, -0.2) is 95.5 Å². The molecule has 0 radical (unpaired) electrons. The zero-order chi connectivity index (χ0) is 42.8. The number of amides is 4. The molecule has 3 fully saturated rings. The summed E-state index contributed by atoms with van der Waals surface area (Å²) < 4.78 is 85.9. The zero-order valence-electron chi connectivity index (χ0n) is 33.9. The Balaban J connectivity index is 1.25. The van der Waals surface area contributed by atoms with Gasteiger partial charge in [-0.05, 0) is 96.8 Å². The van der Waals surface area contributed by atoms with E-state index in [2.05, 4.69) is 15.4 Å². The molecule has 4 amide bonds. The summed E-state index contributed by atoms with van der Waals surface area (Å²) in [6.45, 7) is 4.74. The van der Waals surface area contributed by atoms with Gasteiger partial charge in [-0.1, -0.05) is 31.9 Å². The molecular weight excluding hydrogens is 796 g/mol. The van der Waals surface area contributed by atoms with Crippen LogP contribution in [0, 0.1) is 5.92 Å². The number of fused-ring (bicyclic) bond motifs is 5. The van der Waals surface area contributed by atoms with Gasteiger partial charge in [0.2, 0.25) is 27.4 Å². The molecule has 5 aliphatic rings. The molecule has 2 aromatic rings. The molecule has 2 saturated carbocycles. The lowest BCUT2D eigenvalue weighted by Gasteiger charge is -2.37. The van der Waals surface area contributed by atoms with Gasteiger partial charge < -0.3 is 29.7 Å². The second-order valence-electron chi connectivity index (χ2n) is 17.4. The SMILES string of the molecule is CCc1nc2ccc(OC)cc2c2c1O[C@]1(CC2)C[C@H]2C(=O)N[C@]3(C(=O)NS(=O)(=O)C4(C)CC4)C[C@H]3/C=C\CCCCC[C@H](NC(=O)OC(C)(C)C(F)(F)F)C(=O)N2C1. The number of pyridine rings is 1. The van der Waals surface area contributed by atoms with Crippen molar-refractivity contribution in [1.29, 1.82) is 0 Å². The number of allylic oxidation sites excluding steroid dienone is 1. The molecule has 3 aliphatic heterocycles. The maximum absolute atomic E-state index is 14.8. The number of methoxy groups -OCH3 is 1. The summed E-state index contributed by atoms with van der Waals surface area (Å²) in [5.41, 5.74) is -3.34. The van der Waals surface area contributed by atoms with E-state index in [1.165, 1.54) is 4.90 Å². The summed E-state index contributed by atoms with van der Waals surface area (Å²) in [4.78, 5) is 62.6. The van der Waals surface area contributed by atoms with Crippen molar-refractivity contribution < 1.29 is 55.0 Å². The number of nitrogens with one attached hydrogen (secondary N) is 3. The highest BCUT2D eigenvalue weighted by Crippen LogP contribution is 2.49. The van der Waals surface area contributed by atoms with Gasteiger partial charge in [0.25, 0.3) is 5.91 Å². The summed E-state index contributed by atoms with van der Waals surface area (Å²) in [6.07, 6.45) is 1.72. The topological polar surface area (TPSA) is 182 Å². The number of benzene rings is 1. The summed E-state index contributed by atoms with van der Waals surface area (Å²) in [5.74, 6) is -1.73. The van der Waals surface area contributed by atoms with Gasteiger partial charge in [-0.2, -0.15) is 13.2 Å². The molecule has 1 aromatic heterocycles. The maximum Gasteiger partial charge on any atom is 0.427 e. The Labute approximate surface area is 341 Å². The standard InChI is InChI=1S/C41H52F3N5O9S/c1-6-28-32-26(27-20-25(56-5)14-15-29(27)45-28)16-17-39(57-32)22-31-33(50)47-40(35(52)48-59(54,55)38(4)18-19-38)21-24(40)12-10-8-7-9-11-13-30(34(51)49(31)23-39)46-36(53)58-37(2,3)41(42,43)44/h10,12,14-15,20,24,30-31H,6-9,11,13,16-19,21-23H2,1-5H3,(H,46,53)(H,47,50)(H,48,52)/b12-10-/t24-,30+,31+,39-,40-/m1/s1. The van der Waals surface area contributed by atoms with Gasteiger partial charge in [0, 0.05) is 23.3 Å². The first-order valence-corrected chi connectivity index (χ1v) is 21.8. The van der Waals surface area contributed by atoms with Crippen molar-refractivity contribution in [3.05, 3.63) is 41.6 Å². The van der Waals surface area contributed by atoms with Crippen LogP contribution in [0.15, 0.2) is 30.4 Å². The van der Waals surface area contributed by atoms with Crippen molar-refractivity contribution >= 4 is 44.7 Å². The van der Waals surface area contributed by atoms with E-state index in [4.69, 9.17) is 19.2 Å². The van der Waals surface area contributed by atoms with Crippen LogP contribution in [0.2, 0.25) is 0 Å². The minimum Gasteiger partial charge on any atom is -0.497 e. The highest BCUT2D eigenvalue weighted by molar-refractivity contribution is 7.91. The first kappa shape index (κ1) is 42.5. The lowest BCUT2D eigenvalue weighted by atomic mass is 9.87. The summed E-state index contributed by atoms with van der Waals surface area (Å²) in [6, 6.07) is 2.89. The molecule has 1 spiro atoms. The predicted molar refractivity (Wildman–Crippen MR) is 209 cm³/mol. The smallest absolute Gasteiger partial charge is 0.427 e. The number of alkyl carbamates (subject to hydrolysis) is 1. The van der Waals surface area contributed by atoms with E-state index in [-0.39, 0.29) is 25.8 Å². The number of carbonyl (C=O) groups is 4. The number of sulfonamides is 1. The quantitative estimate of drug-likeness (QED) is 0.310. The highest BCUT2D eigenvalue weighted by Gasteiger charge is 2.64. The van der Waals surface area contributed by atoms with Gasteiger partial charge in [0.05, 0.1) is 29.6 Å². The number of alkyl halides is 3. The van der Waals surface area contributed by atoms with Crippen molar-refractivity contribution in [2.75, 3.05) is 13.7 Å². The van der Waals surface area contributed by atoms with Crippen molar-refractivity contribution in [1.82, 2.24) is 25.2 Å². The van der Waals surface area contributed by atoms with Crippen molar-refractivity contribution in [3.63, 3.8) is 0 Å². The Morgan fingerprint density at radius 3 is 2.53 bits per heavy atom. The number of hydrogen-bond donors (Lipinski definition) is 3. The van der Waals surface area contributed by atoms with Gasteiger partial charge in [0.1, 0.15) is 34.7 Å². The van der Waals surface area contributed by atoms with Crippen LogP contribution in [0.1, 0.15) is 103 Å². The van der Waals surface area contributed by atoms with Gasteiger partial charge in [-0.15, -0.1) is 0 Å². The molecule has 1 aromatic carbocycles. The maximum atomic E-state index is 14.8. The Kier molecular flexibility index (Phi) is 10.9. The third-order valence-corrected chi connectivity index (χ3v) is 14.9. The second-order valence-corrected chi connectivity index (χ2v) is 19.6. The Bertz CT molecular complexity index is 2190. The van der Waals surface area contributed by atoms with Gasteiger partial charge >= 0.3 is 12.3 Å². The second kappa shape index (κ2) is 15.1. The van der Waals surface area contributed by atoms with Crippen LogP contribution < -0.4 is 24.8 Å². The van der Waals surface area contributed by atoms with E-state index in [0.717, 1.165) is 16.5 Å². The number of halogens is 3. The van der Waals surface area contributed by atoms with E-state index in [0.29, 0.717) is 88.8 Å². The van der Waals surface area contributed by atoms with Crippen LogP contribution in [-0.2, 0) is 42.0 Å². The normalized spacial score (nSPS) is 28.7. The van der Waals surface area contributed by atoms with Crippen LogP contribution in [0.4, 0.5) is 18.0 Å². The molecule has 4 heterocycles. The summed E-state index contributed by atoms with van der Waals surface area (Å²) in [5, 5.41) is 6.04. The number of nitrogens with zero attached hydrogens (tertiary/aromatic N) is 2. The largest absolute Gasteiger partial charge is 0.497 e. The fourth-order valence-corrected chi connectivity index (χ4v) is 9.72. The first-order valence-electron chi connectivity index (χ1n) is 20.3. The minimum atomic E-state index is -4.90. The van der Waals surface area contributed by atoms with Crippen LogP contribution in [0.25, 0.3) is 10.9 Å². The minimum absolute atomic E-state index is 0.0367. The van der Waals surface area contributed by atoms with Gasteiger partial charge in [0.15, 0.2) is 0 Å². The van der Waals surface area contributed by atoms with E-state index in [1.807, 2.05) is 31.2 Å². The summed E-state index contributed by atoms with van der Waals surface area (Å²) in [7, 11) is -2.51. The Morgan fingerprint density at radius 2 is 1.85 bits per heavy atom. The third kappa shape index (κ3) is 8.04. The van der Waals surface area contributed by atoms with Crippen LogP contribution >= 0.6 is 0 Å². The van der Waals surface area contributed by atoms with E-state index in [9.17, 15) is 40.8 Å². The third-order valence-electron chi connectivity index (χ3n) is 12.7. The van der Waals surface area contributed by atoms with E-state index < -0.39 is 79.5 Å². The average molecular weight is 848 g/mol. The highest BCUT2D eigenvalue weighted by atomic mass is 32.2. The van der Waals surface area contributed by atoms with Crippen molar-refractivity contribution in [3.8, 4) is 11.5 Å². The van der Waals surface area contributed by atoms with Gasteiger partial charge in [-0.25, -0.2) is 18.2 Å². The lowest BCUT2D eigenvalue weighted by Crippen LogP contribution is -2.59. The fraction of sp³-hybridized carbons (Fsp3) is 0.634. The first-order chi connectivity index (χ1) is 27.7. The molecule has 7 rings (SSSR count). The van der Waals surface area contributed by atoms with Crippen LogP contribution in [0.5, 0.6) is 11.5 Å². The molecule has 0 bridgehead atoms. The summed E-state index contributed by atoms with van der Waals surface area (Å²) >= 11 is 0. The monoisotopic (exact) mass is 847 g/mol. The zero-order valence-corrected chi connectivity index (χ0v) is 34.7. The Morgan fingerprint density at radius 1 is 1.10 bits per heavy atom. The number of aryl methyl sites for hydroxylation is 2. The van der Waals surface area contributed by atoms with Gasteiger partial charge in [-0.3, -0.25) is 19.1 Å². The molecule has 2 aliphatic carbocycles. The Hall–Kier alpha value is -4.61. The molecule has 322 valence electrons. The number of rotatable bonds is 7. The lowest BCUT2D eigenvalue weighted by molar-refractivity contribution is -0.244. The molecule has 59 heavy (non-hydrogen) atoms. The molecule has 5 atom stereocenters.